The van der Waals surface area contributed by atoms with Gasteiger partial charge in [0, 0.05) is 151 Å². The second-order valence-corrected chi connectivity index (χ2v) is 0. The fourth-order valence-corrected chi connectivity index (χ4v) is 0. The molecule has 0 aliphatic heterocycles. The van der Waals surface area contributed by atoms with Gasteiger partial charge in [-0.2, -0.15) is 0 Å². The Morgan fingerprint density at radius 2 is 1.00 bits per heavy atom. The van der Waals surface area contributed by atoms with Crippen LogP contribution in [0.15, 0.2) is 0 Å². The van der Waals surface area contributed by atoms with Crippen molar-refractivity contribution in [2.75, 3.05) is 0 Å². The summed E-state index contributed by atoms with van der Waals surface area (Å²) in [5, 5.41) is 0. The molecule has 0 heterocycles. The molecule has 0 N–H and O–H groups in total. The number of hydrogen-bond donors (Lipinski definition) is 0. The van der Waals surface area contributed by atoms with Crippen LogP contribution in [-0.4, -0.2) is 0 Å². The molecule has 0 atom stereocenters. The van der Waals surface area contributed by atoms with E-state index in [9.17, 15) is 0 Å². The SMILES string of the molecule is [Co].[Dy].[Fe].[Gd].[Tb]. The molecule has 0 amide bonds. The van der Waals surface area contributed by atoms with Crippen LogP contribution in [0.2, 0.25) is 0 Å². The summed E-state index contributed by atoms with van der Waals surface area (Å²) < 4.78 is 0. The summed E-state index contributed by atoms with van der Waals surface area (Å²) in [6.45, 7) is 0. The first-order chi connectivity index (χ1) is 0. The second-order valence-electron chi connectivity index (χ2n) is 0. The quantitative estimate of drug-likeness (QED) is 0.347. The van der Waals surface area contributed by atoms with Crippen LogP contribution in [-0.2, 0) is 33.8 Å². The molecule has 0 aromatic carbocycles. The zero-order chi connectivity index (χ0) is 0. The van der Waals surface area contributed by atoms with Crippen molar-refractivity contribution >= 4 is 0 Å². The molecule has 0 aromatic heterocycles. The molecule has 5 heteroatoms. The molecule has 0 aliphatic carbocycles. The largest absolute Gasteiger partial charge is 0 e. The first kappa shape index (κ1) is 32.6. The Morgan fingerprint density at radius 1 is 1.00 bits per heavy atom. The maximum atomic E-state index is 0. The molecule has 0 unspecified atom stereocenters. The predicted octanol–water partition coefficient (Wildman–Crippen LogP) is -0.00500. The van der Waals surface area contributed by atoms with Gasteiger partial charge in [-0.15, -0.1) is 0 Å². The second kappa shape index (κ2) is 23.1. The normalized spacial score (nSPS) is 0. The van der Waals surface area contributed by atoms with Crippen molar-refractivity contribution in [2.45, 2.75) is 0 Å². The maximum Gasteiger partial charge on any atom is 0 e. The van der Waals surface area contributed by atoms with Crippen LogP contribution in [0.1, 0.15) is 0 Å². The van der Waals surface area contributed by atoms with Gasteiger partial charge in [0.2, 0.25) is 0 Å². The molecule has 0 aliphatic rings. The molecule has 5 heavy (non-hydrogen) atoms. The van der Waals surface area contributed by atoms with Gasteiger partial charge in [0.05, 0.1) is 0 Å². The Labute approximate surface area is 146 Å². The van der Waals surface area contributed by atoms with Crippen LogP contribution < -0.4 is 0 Å². The zero-order valence-electron chi connectivity index (χ0n) is 1.69. The van der Waals surface area contributed by atoms with E-state index in [0.717, 1.165) is 0 Å². The van der Waals surface area contributed by atoms with Crippen LogP contribution in [0, 0.1) is 117 Å². The van der Waals surface area contributed by atoms with Crippen molar-refractivity contribution in [2.24, 2.45) is 0 Å². The summed E-state index contributed by atoms with van der Waals surface area (Å²) in [4.78, 5) is 0. The Balaban J connectivity index is 0. The summed E-state index contributed by atoms with van der Waals surface area (Å²) >= 11 is 0. The van der Waals surface area contributed by atoms with E-state index in [-0.39, 0.29) is 151 Å². The summed E-state index contributed by atoms with van der Waals surface area (Å²) in [5.74, 6) is 0. The van der Waals surface area contributed by atoms with Gasteiger partial charge in [-0.1, -0.05) is 0 Å². The minimum atomic E-state index is 0. The average Bonchev–Trinajstić information content (AvgIpc) is 0. The van der Waals surface area contributed by atoms with Gasteiger partial charge < -0.3 is 0 Å². The van der Waals surface area contributed by atoms with E-state index in [1.165, 1.54) is 0 Å². The smallest absolute Gasteiger partial charge is 0 e. The average molecular weight is 593 g/mol. The third kappa shape index (κ3) is 17.6. The predicted molar refractivity (Wildman–Crippen MR) is 0 cm³/mol. The third-order valence-corrected chi connectivity index (χ3v) is 0. The van der Waals surface area contributed by atoms with E-state index in [1.807, 2.05) is 0 Å². The molecule has 0 bridgehead atoms. The van der Waals surface area contributed by atoms with E-state index in [1.54, 1.807) is 0 Å². The van der Waals surface area contributed by atoms with Gasteiger partial charge in [-0.3, -0.25) is 0 Å². The van der Waals surface area contributed by atoms with Crippen LogP contribution in [0.3, 0.4) is 0 Å². The Hall–Kier alpha value is 4.91. The molecule has 0 nitrogen and oxygen atoms in total. The van der Waals surface area contributed by atoms with E-state index in [2.05, 4.69) is 0 Å². The number of hydrogen-bond acceptors (Lipinski definition) is 0. The van der Waals surface area contributed by atoms with Crippen molar-refractivity contribution < 1.29 is 151 Å². The first-order valence-electron chi connectivity index (χ1n) is 0. The number of rotatable bonds is 0. The van der Waals surface area contributed by atoms with E-state index in [4.69, 9.17) is 0 Å². The standard InChI is InChI=1S/Co.Dy.Fe.Gd.Tb. The van der Waals surface area contributed by atoms with E-state index in [0.29, 0.717) is 0 Å². The minimum absolute atomic E-state index is 0. The summed E-state index contributed by atoms with van der Waals surface area (Å²) in [5.41, 5.74) is 0. The summed E-state index contributed by atoms with van der Waals surface area (Å²) in [7, 11) is 0. The molecule has 0 rings (SSSR count). The third-order valence-electron chi connectivity index (χ3n) is 0. The van der Waals surface area contributed by atoms with Gasteiger partial charge in [-0.05, 0) is 0 Å². The van der Waals surface area contributed by atoms with Crippen molar-refractivity contribution in [1.82, 2.24) is 0 Å². The summed E-state index contributed by atoms with van der Waals surface area (Å²) in [6, 6.07) is 0. The van der Waals surface area contributed by atoms with Crippen molar-refractivity contribution in [3.8, 4) is 0 Å². The summed E-state index contributed by atoms with van der Waals surface area (Å²) in [6.07, 6.45) is 0. The van der Waals surface area contributed by atoms with Gasteiger partial charge in [-0.25, -0.2) is 0 Å². The molecule has 44 valence electrons. The van der Waals surface area contributed by atoms with E-state index < -0.39 is 0 Å². The van der Waals surface area contributed by atoms with Gasteiger partial charge >= 0.3 is 0 Å². The van der Waals surface area contributed by atoms with Gasteiger partial charge in [0.1, 0.15) is 0 Å². The zero-order valence-corrected chi connectivity index (χ0v) is 10.3. The Kier molecular flexibility index (Phi) is 151. The molecule has 0 saturated heterocycles. The van der Waals surface area contributed by atoms with E-state index >= 15 is 0 Å². The monoisotopic (exact) mass is 596 g/mol. The topological polar surface area (TPSA) is 0 Å². The van der Waals surface area contributed by atoms with Gasteiger partial charge in [0.25, 0.3) is 0 Å². The van der Waals surface area contributed by atoms with Crippen LogP contribution >= 0.6 is 0 Å². The molecule has 0 aromatic rings. The van der Waals surface area contributed by atoms with Crippen LogP contribution in [0.4, 0.5) is 0 Å². The fraction of sp³-hybridized carbons (Fsp3) is 0. The fourth-order valence-electron chi connectivity index (χ4n) is 0. The molecule has 0 fully saturated rings. The molecular weight excluding hydrogens is 593 g/mol. The van der Waals surface area contributed by atoms with Gasteiger partial charge in [0.15, 0.2) is 0 Å². The minimum Gasteiger partial charge on any atom is 0 e. The molecule has 2 radical (unpaired) electrons. The first-order valence-corrected chi connectivity index (χ1v) is 0. The Bertz CT molecular complexity index is 11.6. The molecule has 0 saturated carbocycles. The molecule has 0 spiro atoms. The van der Waals surface area contributed by atoms with Crippen molar-refractivity contribution in [1.29, 1.82) is 0 Å². The maximum absolute atomic E-state index is 0. The Morgan fingerprint density at radius 3 is 1.00 bits per heavy atom. The van der Waals surface area contributed by atoms with Crippen LogP contribution in [0.5, 0.6) is 0 Å². The molecular formula is CoDyFeGdTb. The van der Waals surface area contributed by atoms with Crippen molar-refractivity contribution in [3.63, 3.8) is 0 Å². The van der Waals surface area contributed by atoms with Crippen molar-refractivity contribution in [3.05, 3.63) is 0 Å². The van der Waals surface area contributed by atoms with Crippen LogP contribution in [0.25, 0.3) is 0 Å².